The van der Waals surface area contributed by atoms with Gasteiger partial charge in [0.2, 0.25) is 0 Å². The molecule has 1 unspecified atom stereocenters. The molecule has 0 spiro atoms. The van der Waals surface area contributed by atoms with Crippen LogP contribution in [0, 0.1) is 0 Å². The van der Waals surface area contributed by atoms with Gasteiger partial charge in [0.1, 0.15) is 5.75 Å². The van der Waals surface area contributed by atoms with Gasteiger partial charge in [-0.3, -0.25) is 0 Å². The number of carboxylic acid groups (broad SMARTS) is 1. The average molecular weight is 342 g/mol. The lowest BCUT2D eigenvalue weighted by molar-refractivity contribution is -0.138. The van der Waals surface area contributed by atoms with Crippen LogP contribution >= 0.6 is 27.3 Å². The number of aliphatic carboxylic acids is 1. The van der Waals surface area contributed by atoms with Crippen molar-refractivity contribution in [1.82, 2.24) is 0 Å². The summed E-state index contributed by atoms with van der Waals surface area (Å²) in [6.45, 7) is 0. The smallest absolute Gasteiger partial charge is 0.331 e. The van der Waals surface area contributed by atoms with E-state index in [0.29, 0.717) is 11.4 Å². The van der Waals surface area contributed by atoms with E-state index in [-0.39, 0.29) is 0 Å². The fourth-order valence-electron chi connectivity index (χ4n) is 1.61. The molecule has 4 nitrogen and oxygen atoms in total. The number of ether oxygens (including phenoxy) is 1. The Morgan fingerprint density at radius 2 is 2.26 bits per heavy atom. The number of carbonyl (C=O) groups is 1. The number of carboxylic acids is 1. The van der Waals surface area contributed by atoms with Crippen LogP contribution < -0.4 is 10.1 Å². The number of nitrogens with one attached hydrogen (secondary N) is 1. The Morgan fingerprint density at radius 1 is 1.47 bits per heavy atom. The Balaban J connectivity index is 2.23. The fourth-order valence-corrected chi connectivity index (χ4v) is 3.10. The molecule has 1 heterocycles. The predicted octanol–water partition coefficient (Wildman–Crippen LogP) is 3.76. The monoisotopic (exact) mass is 341 g/mol. The molecule has 6 heteroatoms. The number of rotatable bonds is 5. The summed E-state index contributed by atoms with van der Waals surface area (Å²) in [5.41, 5.74) is 0.705. The van der Waals surface area contributed by atoms with Crippen LogP contribution in [0.2, 0.25) is 0 Å². The second kappa shape index (κ2) is 6.08. The highest BCUT2D eigenvalue weighted by Gasteiger charge is 2.21. The fraction of sp³-hybridized carbons (Fsp3) is 0.154. The van der Waals surface area contributed by atoms with Gasteiger partial charge in [0.15, 0.2) is 6.04 Å². The summed E-state index contributed by atoms with van der Waals surface area (Å²) in [4.78, 5) is 12.1. The van der Waals surface area contributed by atoms with Crippen molar-refractivity contribution in [3.63, 3.8) is 0 Å². The van der Waals surface area contributed by atoms with Crippen molar-refractivity contribution in [3.05, 3.63) is 45.1 Å². The summed E-state index contributed by atoms with van der Waals surface area (Å²) in [6.07, 6.45) is 0. The van der Waals surface area contributed by atoms with Gasteiger partial charge in [-0.05, 0) is 34.1 Å². The van der Waals surface area contributed by atoms with Crippen LogP contribution in [0.25, 0.3) is 0 Å². The normalized spacial score (nSPS) is 11.9. The van der Waals surface area contributed by atoms with Crippen LogP contribution in [0.1, 0.15) is 10.9 Å². The van der Waals surface area contributed by atoms with E-state index in [4.69, 9.17) is 4.74 Å². The van der Waals surface area contributed by atoms with Gasteiger partial charge < -0.3 is 15.2 Å². The molecule has 2 N–H and O–H groups in total. The summed E-state index contributed by atoms with van der Waals surface area (Å²) in [6, 6.07) is 8.21. The third-order valence-corrected chi connectivity index (χ3v) is 4.26. The summed E-state index contributed by atoms with van der Waals surface area (Å²) < 4.78 is 6.00. The maximum Gasteiger partial charge on any atom is 0.331 e. The number of hydrogen-bond donors (Lipinski definition) is 2. The van der Waals surface area contributed by atoms with Crippen molar-refractivity contribution in [1.29, 1.82) is 0 Å². The lowest BCUT2D eigenvalue weighted by Gasteiger charge is -2.14. The molecule has 2 rings (SSSR count). The Morgan fingerprint density at radius 3 is 2.84 bits per heavy atom. The van der Waals surface area contributed by atoms with E-state index in [1.165, 1.54) is 11.3 Å². The molecule has 1 aromatic carbocycles. The second-order valence-corrected chi connectivity index (χ2v) is 5.67. The Hall–Kier alpha value is -1.53. The minimum absolute atomic E-state index is 0.682. The first-order valence-electron chi connectivity index (χ1n) is 5.47. The minimum Gasteiger partial charge on any atom is -0.497 e. The molecule has 0 saturated heterocycles. The molecule has 0 saturated carbocycles. The van der Waals surface area contributed by atoms with E-state index in [2.05, 4.69) is 21.2 Å². The van der Waals surface area contributed by atoms with E-state index in [1.807, 2.05) is 17.5 Å². The first-order valence-corrected chi connectivity index (χ1v) is 7.14. The highest BCUT2D eigenvalue weighted by Crippen LogP contribution is 2.29. The van der Waals surface area contributed by atoms with E-state index in [0.717, 1.165) is 9.35 Å². The highest BCUT2D eigenvalue weighted by atomic mass is 79.9. The molecular weight excluding hydrogens is 330 g/mol. The largest absolute Gasteiger partial charge is 0.497 e. The molecule has 0 bridgehead atoms. The zero-order chi connectivity index (χ0) is 13.8. The molecule has 2 aromatic rings. The lowest BCUT2D eigenvalue weighted by Crippen LogP contribution is -2.19. The minimum atomic E-state index is -0.919. The van der Waals surface area contributed by atoms with Crippen LogP contribution in [0.4, 0.5) is 5.69 Å². The molecule has 0 aliphatic heterocycles. The summed E-state index contributed by atoms with van der Waals surface area (Å²) >= 11 is 4.72. The standard InChI is InChI=1S/C13H12BrNO3S/c1-18-10-4-2-3-9(6-10)15-12(13(16)17)11-5-8(14)7-19-11/h2-7,12,15H,1H3,(H,16,17). The van der Waals surface area contributed by atoms with Crippen molar-refractivity contribution in [3.8, 4) is 5.75 Å². The van der Waals surface area contributed by atoms with Gasteiger partial charge >= 0.3 is 5.97 Å². The zero-order valence-electron chi connectivity index (χ0n) is 10.1. The van der Waals surface area contributed by atoms with Gasteiger partial charge in [0, 0.05) is 26.5 Å². The third-order valence-electron chi connectivity index (χ3n) is 2.50. The molecule has 1 aromatic heterocycles. The predicted molar refractivity (Wildman–Crippen MR) is 79.0 cm³/mol. The van der Waals surface area contributed by atoms with E-state index in [9.17, 15) is 9.90 Å². The first-order chi connectivity index (χ1) is 9.10. The first kappa shape index (κ1) is 13.9. The summed E-state index contributed by atoms with van der Waals surface area (Å²) in [5.74, 6) is -0.237. The van der Waals surface area contributed by atoms with E-state index < -0.39 is 12.0 Å². The number of benzene rings is 1. The van der Waals surface area contributed by atoms with Gasteiger partial charge in [-0.25, -0.2) is 4.79 Å². The second-order valence-electron chi connectivity index (χ2n) is 3.81. The molecular formula is C13H12BrNO3S. The Bertz CT molecular complexity index is 585. The number of anilines is 1. The molecule has 0 amide bonds. The lowest BCUT2D eigenvalue weighted by atomic mass is 10.2. The molecule has 0 aliphatic carbocycles. The maximum absolute atomic E-state index is 11.4. The molecule has 19 heavy (non-hydrogen) atoms. The topological polar surface area (TPSA) is 58.6 Å². The Labute approximate surface area is 123 Å². The van der Waals surface area contributed by atoms with Crippen LogP contribution in [0.3, 0.4) is 0 Å². The van der Waals surface area contributed by atoms with Crippen molar-refractivity contribution in [2.75, 3.05) is 12.4 Å². The number of hydrogen-bond acceptors (Lipinski definition) is 4. The maximum atomic E-state index is 11.4. The van der Waals surface area contributed by atoms with Gasteiger partial charge in [-0.1, -0.05) is 6.07 Å². The molecule has 0 radical (unpaired) electrons. The molecule has 1 atom stereocenters. The van der Waals surface area contributed by atoms with Crippen LogP contribution in [-0.2, 0) is 4.79 Å². The van der Waals surface area contributed by atoms with Crippen molar-refractivity contribution >= 4 is 38.9 Å². The van der Waals surface area contributed by atoms with Gasteiger partial charge in [0.05, 0.1) is 7.11 Å². The average Bonchev–Trinajstić information content (AvgIpc) is 2.82. The summed E-state index contributed by atoms with van der Waals surface area (Å²) in [7, 11) is 1.57. The number of methoxy groups -OCH3 is 1. The highest BCUT2D eigenvalue weighted by molar-refractivity contribution is 9.10. The van der Waals surface area contributed by atoms with Crippen LogP contribution in [0.5, 0.6) is 5.75 Å². The van der Waals surface area contributed by atoms with Crippen molar-refractivity contribution in [2.24, 2.45) is 0 Å². The van der Waals surface area contributed by atoms with Gasteiger partial charge in [-0.15, -0.1) is 11.3 Å². The number of halogens is 1. The van der Waals surface area contributed by atoms with Crippen LogP contribution in [0.15, 0.2) is 40.2 Å². The van der Waals surface area contributed by atoms with Gasteiger partial charge in [0.25, 0.3) is 0 Å². The Kier molecular flexibility index (Phi) is 4.44. The zero-order valence-corrected chi connectivity index (χ0v) is 12.5. The SMILES string of the molecule is COc1cccc(NC(C(=O)O)c2cc(Br)cs2)c1. The summed E-state index contributed by atoms with van der Waals surface area (Å²) in [5, 5.41) is 14.2. The third kappa shape index (κ3) is 3.48. The van der Waals surface area contributed by atoms with Crippen LogP contribution in [-0.4, -0.2) is 18.2 Å². The molecule has 100 valence electrons. The van der Waals surface area contributed by atoms with Crippen molar-refractivity contribution in [2.45, 2.75) is 6.04 Å². The molecule has 0 fully saturated rings. The quantitative estimate of drug-likeness (QED) is 0.869. The van der Waals surface area contributed by atoms with Crippen molar-refractivity contribution < 1.29 is 14.6 Å². The van der Waals surface area contributed by atoms with E-state index >= 15 is 0 Å². The van der Waals surface area contributed by atoms with E-state index in [1.54, 1.807) is 25.3 Å². The number of thiophene rings is 1. The van der Waals surface area contributed by atoms with Gasteiger partial charge in [-0.2, -0.15) is 0 Å². The molecule has 0 aliphatic rings.